The molecular weight excluding hydrogens is 467 g/mol. The SMILES string of the molecule is CCc1cc(N)nc(C)c1CNC(=O)c1ccc2c(c1)[C@@H]1O[C@H]2c2ccc(-c3cnc(C)cc3F)cc21. The van der Waals surface area contributed by atoms with Gasteiger partial charge in [0.05, 0.1) is 0 Å². The molecule has 37 heavy (non-hydrogen) atoms. The first kappa shape index (κ1) is 23.3. The van der Waals surface area contributed by atoms with Crippen molar-refractivity contribution in [3.05, 3.63) is 111 Å². The number of aromatic nitrogens is 2. The number of hydrogen-bond donors (Lipinski definition) is 2. The summed E-state index contributed by atoms with van der Waals surface area (Å²) in [6.07, 6.45) is 1.90. The first-order valence-electron chi connectivity index (χ1n) is 12.4. The Balaban J connectivity index is 1.26. The van der Waals surface area contributed by atoms with Crippen molar-refractivity contribution in [2.24, 2.45) is 0 Å². The number of pyridine rings is 2. The number of benzene rings is 2. The molecule has 4 heterocycles. The van der Waals surface area contributed by atoms with Crippen molar-refractivity contribution >= 4 is 11.7 Å². The van der Waals surface area contributed by atoms with Gasteiger partial charge in [0.25, 0.3) is 5.91 Å². The third-order valence-electron chi connectivity index (χ3n) is 7.39. The maximum absolute atomic E-state index is 14.6. The summed E-state index contributed by atoms with van der Waals surface area (Å²) < 4.78 is 20.9. The van der Waals surface area contributed by atoms with Crippen LogP contribution in [0.4, 0.5) is 10.2 Å². The van der Waals surface area contributed by atoms with Crippen LogP contribution in [0.25, 0.3) is 11.1 Å². The minimum absolute atomic E-state index is 0.161. The van der Waals surface area contributed by atoms with E-state index < -0.39 is 0 Å². The van der Waals surface area contributed by atoms with E-state index in [-0.39, 0.29) is 23.9 Å². The highest BCUT2D eigenvalue weighted by molar-refractivity contribution is 5.94. The highest BCUT2D eigenvalue weighted by Crippen LogP contribution is 2.54. The van der Waals surface area contributed by atoms with Gasteiger partial charge in [0.1, 0.15) is 23.8 Å². The summed E-state index contributed by atoms with van der Waals surface area (Å²) in [6, 6.07) is 14.9. The van der Waals surface area contributed by atoms with Crippen LogP contribution >= 0.6 is 0 Å². The number of nitrogens with zero attached hydrogens (tertiary/aromatic N) is 2. The minimum atomic E-state index is -0.298. The van der Waals surface area contributed by atoms with Crippen LogP contribution in [-0.2, 0) is 17.7 Å². The molecule has 2 aliphatic rings. The maximum atomic E-state index is 14.6. The van der Waals surface area contributed by atoms with Gasteiger partial charge in [-0.2, -0.15) is 0 Å². The quantitative estimate of drug-likeness (QED) is 0.383. The topological polar surface area (TPSA) is 90.1 Å². The number of anilines is 1. The van der Waals surface area contributed by atoms with Gasteiger partial charge in [-0.1, -0.05) is 25.1 Å². The molecule has 4 aromatic rings. The van der Waals surface area contributed by atoms with Crippen molar-refractivity contribution in [1.82, 2.24) is 15.3 Å². The number of aryl methyl sites for hydroxylation is 3. The number of hydrogen-bond acceptors (Lipinski definition) is 5. The van der Waals surface area contributed by atoms with Gasteiger partial charge in [0.2, 0.25) is 0 Å². The first-order chi connectivity index (χ1) is 17.8. The third kappa shape index (κ3) is 3.86. The van der Waals surface area contributed by atoms with Crippen LogP contribution in [0.3, 0.4) is 0 Å². The predicted molar refractivity (Wildman–Crippen MR) is 140 cm³/mol. The van der Waals surface area contributed by atoms with Gasteiger partial charge >= 0.3 is 0 Å². The lowest BCUT2D eigenvalue weighted by molar-refractivity contribution is 0.0857. The number of halogens is 1. The molecule has 1 amide bonds. The minimum Gasteiger partial charge on any atom is -0.384 e. The number of carbonyl (C=O) groups is 1. The van der Waals surface area contributed by atoms with Crippen LogP contribution in [0.15, 0.2) is 54.7 Å². The summed E-state index contributed by atoms with van der Waals surface area (Å²) in [5, 5.41) is 3.04. The smallest absolute Gasteiger partial charge is 0.251 e. The van der Waals surface area contributed by atoms with Gasteiger partial charge in [-0.05, 0) is 89.5 Å². The van der Waals surface area contributed by atoms with E-state index in [1.165, 1.54) is 6.07 Å². The average molecular weight is 495 g/mol. The number of fused-ring (bicyclic) bond motifs is 8. The van der Waals surface area contributed by atoms with E-state index in [1.807, 2.05) is 49.4 Å². The number of nitrogen functional groups attached to an aromatic ring is 1. The monoisotopic (exact) mass is 494 g/mol. The zero-order valence-electron chi connectivity index (χ0n) is 20.9. The largest absolute Gasteiger partial charge is 0.384 e. The molecule has 2 aliphatic heterocycles. The lowest BCUT2D eigenvalue weighted by Gasteiger charge is -2.18. The zero-order valence-corrected chi connectivity index (χ0v) is 20.9. The second-order valence-electron chi connectivity index (χ2n) is 9.70. The first-order valence-corrected chi connectivity index (χ1v) is 12.4. The number of ether oxygens (including phenoxy) is 1. The molecule has 2 bridgehead atoms. The van der Waals surface area contributed by atoms with Gasteiger partial charge in [-0.3, -0.25) is 9.78 Å². The highest BCUT2D eigenvalue weighted by Gasteiger charge is 2.43. The van der Waals surface area contributed by atoms with Crippen LogP contribution in [0.1, 0.15) is 74.3 Å². The molecule has 6 nitrogen and oxygen atoms in total. The average Bonchev–Trinajstić information content (AvgIpc) is 3.44. The lowest BCUT2D eigenvalue weighted by Crippen LogP contribution is -2.24. The van der Waals surface area contributed by atoms with E-state index >= 15 is 0 Å². The predicted octanol–water partition coefficient (Wildman–Crippen LogP) is 5.50. The second kappa shape index (κ2) is 8.78. The summed E-state index contributed by atoms with van der Waals surface area (Å²) in [7, 11) is 0. The van der Waals surface area contributed by atoms with Gasteiger partial charge in [-0.25, -0.2) is 9.37 Å². The molecule has 6 rings (SSSR count). The molecule has 2 aromatic carbocycles. The Hall–Kier alpha value is -4.10. The Kier molecular flexibility index (Phi) is 5.53. The molecule has 3 N–H and O–H groups in total. The standard InChI is InChI=1S/C30H27FN4O2/c1-4-17-12-27(32)35-16(3)24(17)13-34-30(36)19-6-8-21-23(11-19)29-22-10-18(5-7-20(22)28(21)37-29)25-14-33-15(2)9-26(25)31/h5-12,14,28-29H,4,13H2,1-3H3,(H2,32,35)(H,34,36)/t28-,29+/m0/s1. The van der Waals surface area contributed by atoms with Crippen molar-refractivity contribution in [2.75, 3.05) is 5.73 Å². The fourth-order valence-corrected chi connectivity index (χ4v) is 5.51. The third-order valence-corrected chi connectivity index (χ3v) is 7.39. The maximum Gasteiger partial charge on any atom is 0.251 e. The number of nitrogens with two attached hydrogens (primary N) is 1. The molecular formula is C30H27FN4O2. The summed E-state index contributed by atoms with van der Waals surface area (Å²) in [6.45, 7) is 6.11. The molecule has 2 atom stereocenters. The van der Waals surface area contributed by atoms with E-state index in [1.54, 1.807) is 13.1 Å². The molecule has 0 saturated carbocycles. The van der Waals surface area contributed by atoms with Crippen LogP contribution in [-0.4, -0.2) is 15.9 Å². The van der Waals surface area contributed by atoms with Crippen molar-refractivity contribution in [2.45, 2.75) is 45.9 Å². The molecule has 0 fully saturated rings. The van der Waals surface area contributed by atoms with Gasteiger partial charge in [0.15, 0.2) is 0 Å². The van der Waals surface area contributed by atoms with Gasteiger partial charge < -0.3 is 15.8 Å². The summed E-state index contributed by atoms with van der Waals surface area (Å²) >= 11 is 0. The van der Waals surface area contributed by atoms with E-state index in [4.69, 9.17) is 10.5 Å². The molecule has 186 valence electrons. The Labute approximate surface area is 214 Å². The normalized spacial score (nSPS) is 17.0. The van der Waals surface area contributed by atoms with Crippen molar-refractivity contribution in [3.63, 3.8) is 0 Å². The fraction of sp³-hybridized carbons (Fsp3) is 0.233. The molecule has 0 radical (unpaired) electrons. The fourth-order valence-electron chi connectivity index (χ4n) is 5.51. The van der Waals surface area contributed by atoms with Crippen LogP contribution in [0.5, 0.6) is 0 Å². The number of rotatable bonds is 5. The van der Waals surface area contributed by atoms with E-state index in [9.17, 15) is 9.18 Å². The lowest BCUT2D eigenvalue weighted by atomic mass is 9.84. The van der Waals surface area contributed by atoms with E-state index in [0.717, 1.165) is 51.1 Å². The Bertz CT molecular complexity index is 1580. The second-order valence-corrected chi connectivity index (χ2v) is 9.70. The van der Waals surface area contributed by atoms with Crippen LogP contribution < -0.4 is 11.1 Å². The van der Waals surface area contributed by atoms with Crippen LogP contribution in [0, 0.1) is 19.7 Å². The Morgan fingerprint density at radius 3 is 2.51 bits per heavy atom. The summed E-state index contributed by atoms with van der Waals surface area (Å²) in [5.41, 5.74) is 15.3. The summed E-state index contributed by atoms with van der Waals surface area (Å²) in [4.78, 5) is 21.7. The van der Waals surface area contributed by atoms with Crippen molar-refractivity contribution in [1.29, 1.82) is 0 Å². The molecule has 0 aliphatic carbocycles. The number of carbonyl (C=O) groups excluding carboxylic acids is 1. The van der Waals surface area contributed by atoms with Gasteiger partial charge in [0, 0.05) is 35.3 Å². The molecule has 0 saturated heterocycles. The summed E-state index contributed by atoms with van der Waals surface area (Å²) in [5.74, 6) is 0.0298. The molecule has 2 aromatic heterocycles. The molecule has 0 unspecified atom stereocenters. The Morgan fingerprint density at radius 2 is 1.76 bits per heavy atom. The molecule has 7 heteroatoms. The highest BCUT2D eigenvalue weighted by atomic mass is 19.1. The van der Waals surface area contributed by atoms with E-state index in [2.05, 4.69) is 22.2 Å². The molecule has 0 spiro atoms. The number of nitrogens with one attached hydrogen (secondary N) is 1. The van der Waals surface area contributed by atoms with Crippen molar-refractivity contribution < 1.29 is 13.9 Å². The van der Waals surface area contributed by atoms with Crippen molar-refractivity contribution in [3.8, 4) is 11.1 Å². The zero-order chi connectivity index (χ0) is 25.8. The van der Waals surface area contributed by atoms with Gasteiger partial charge in [-0.15, -0.1) is 0 Å². The van der Waals surface area contributed by atoms with E-state index in [0.29, 0.717) is 29.2 Å². The Morgan fingerprint density at radius 1 is 1.03 bits per heavy atom. The number of amides is 1. The van der Waals surface area contributed by atoms with Crippen LogP contribution in [0.2, 0.25) is 0 Å².